The second-order valence-electron chi connectivity index (χ2n) is 6.57. The third kappa shape index (κ3) is 3.61. The smallest absolute Gasteiger partial charge is 0.256 e. The van der Waals surface area contributed by atoms with Gasteiger partial charge in [0.1, 0.15) is 17.3 Å². The Kier molecular flexibility index (Phi) is 4.73. The number of fused-ring (bicyclic) bond motifs is 1. The fourth-order valence-corrected chi connectivity index (χ4v) is 3.29. The minimum Gasteiger partial charge on any atom is -0.445 e. The van der Waals surface area contributed by atoms with Gasteiger partial charge in [0, 0.05) is 24.9 Å². The van der Waals surface area contributed by atoms with Crippen LogP contribution in [0.3, 0.4) is 0 Å². The fourth-order valence-electron chi connectivity index (χ4n) is 3.29. The van der Waals surface area contributed by atoms with E-state index in [0.717, 1.165) is 11.3 Å². The van der Waals surface area contributed by atoms with Gasteiger partial charge >= 0.3 is 0 Å². The highest BCUT2D eigenvalue weighted by Crippen LogP contribution is 2.25. The first kappa shape index (κ1) is 17.4. The van der Waals surface area contributed by atoms with Crippen LogP contribution < -0.4 is 0 Å². The maximum absolute atomic E-state index is 13.9. The first-order valence-electron chi connectivity index (χ1n) is 8.84. The summed E-state index contributed by atoms with van der Waals surface area (Å²) >= 11 is 0. The van der Waals surface area contributed by atoms with Gasteiger partial charge in [-0.15, -0.1) is 0 Å². The van der Waals surface area contributed by atoms with Crippen LogP contribution in [0.15, 0.2) is 59.0 Å². The lowest BCUT2D eigenvalue weighted by Gasteiger charge is -2.27. The molecule has 1 unspecified atom stereocenters. The molecule has 2 aromatic carbocycles. The summed E-state index contributed by atoms with van der Waals surface area (Å²) in [6.45, 7) is 0.648. The van der Waals surface area contributed by atoms with Crippen LogP contribution in [0.1, 0.15) is 34.6 Å². The van der Waals surface area contributed by atoms with Gasteiger partial charge in [0.05, 0.1) is 6.54 Å². The van der Waals surface area contributed by atoms with Crippen molar-refractivity contribution in [3.05, 3.63) is 88.9 Å². The van der Waals surface area contributed by atoms with E-state index in [-0.39, 0.29) is 12.1 Å². The second-order valence-corrected chi connectivity index (χ2v) is 6.57. The fraction of sp³-hybridized carbons (Fsp3) is 0.238. The zero-order valence-electron chi connectivity index (χ0n) is 14.6. The van der Waals surface area contributed by atoms with Gasteiger partial charge in [-0.2, -0.15) is 0 Å². The molecule has 0 fully saturated rings. The molecule has 1 N–H and O–H groups in total. The van der Waals surface area contributed by atoms with Gasteiger partial charge in [0.15, 0.2) is 12.0 Å². The van der Waals surface area contributed by atoms with Crippen LogP contribution in [0.4, 0.5) is 4.39 Å². The molecule has 0 aliphatic carbocycles. The first-order valence-corrected chi connectivity index (χ1v) is 8.84. The number of aliphatic hydroxyl groups excluding tert-OH is 1. The van der Waals surface area contributed by atoms with E-state index in [1.807, 2.05) is 30.3 Å². The van der Waals surface area contributed by atoms with Crippen LogP contribution in [-0.2, 0) is 24.2 Å². The molecule has 138 valence electrons. The second kappa shape index (κ2) is 7.32. The lowest BCUT2D eigenvalue weighted by atomic mass is 10.1. The van der Waals surface area contributed by atoms with Crippen LogP contribution in [0.5, 0.6) is 0 Å². The van der Waals surface area contributed by atoms with Crippen molar-refractivity contribution >= 4 is 5.91 Å². The maximum atomic E-state index is 13.9. The average Bonchev–Trinajstić information content (AvgIpc) is 3.09. The van der Waals surface area contributed by atoms with Crippen LogP contribution in [0.2, 0.25) is 0 Å². The molecular formula is C21H19FN2O3. The Labute approximate surface area is 156 Å². The van der Waals surface area contributed by atoms with Gasteiger partial charge in [-0.25, -0.2) is 9.37 Å². The van der Waals surface area contributed by atoms with Crippen LogP contribution in [0.25, 0.3) is 0 Å². The van der Waals surface area contributed by atoms with Gasteiger partial charge in [0.25, 0.3) is 5.91 Å². The third-order valence-electron chi connectivity index (χ3n) is 4.72. The average molecular weight is 366 g/mol. The Hall–Kier alpha value is -2.99. The number of benzene rings is 2. The number of amides is 1. The summed E-state index contributed by atoms with van der Waals surface area (Å²) in [6.07, 6.45) is -0.421. The molecule has 5 nitrogen and oxygen atoms in total. The van der Waals surface area contributed by atoms with Crippen LogP contribution >= 0.6 is 0 Å². The number of rotatable bonds is 4. The van der Waals surface area contributed by atoms with Crippen molar-refractivity contribution in [2.45, 2.75) is 25.5 Å². The molecule has 1 atom stereocenters. The molecule has 1 aromatic heterocycles. The monoisotopic (exact) mass is 366 g/mol. The van der Waals surface area contributed by atoms with Gasteiger partial charge in [-0.3, -0.25) is 4.79 Å². The highest BCUT2D eigenvalue weighted by Gasteiger charge is 2.30. The lowest BCUT2D eigenvalue weighted by molar-refractivity contribution is -0.141. The molecule has 1 aliphatic heterocycles. The van der Waals surface area contributed by atoms with E-state index in [9.17, 15) is 14.3 Å². The molecular weight excluding hydrogens is 347 g/mol. The molecule has 1 aliphatic rings. The molecule has 1 amide bonds. The molecule has 4 rings (SSSR count). The largest absolute Gasteiger partial charge is 0.445 e. The Balaban J connectivity index is 1.48. The van der Waals surface area contributed by atoms with Crippen molar-refractivity contribution < 1.29 is 18.7 Å². The minimum atomic E-state index is -1.52. The molecule has 3 aromatic rings. The molecule has 0 radical (unpaired) electrons. The number of nitrogens with zero attached hydrogens (tertiary/aromatic N) is 2. The number of oxazole rings is 1. The summed E-state index contributed by atoms with van der Waals surface area (Å²) < 4.78 is 19.7. The molecule has 0 saturated heterocycles. The highest BCUT2D eigenvalue weighted by molar-refractivity contribution is 5.82. The predicted molar refractivity (Wildman–Crippen MR) is 96.2 cm³/mol. The first-order chi connectivity index (χ1) is 13.1. The topological polar surface area (TPSA) is 66.6 Å². The van der Waals surface area contributed by atoms with E-state index >= 15 is 0 Å². The van der Waals surface area contributed by atoms with E-state index < -0.39 is 17.8 Å². The summed E-state index contributed by atoms with van der Waals surface area (Å²) in [4.78, 5) is 18.6. The van der Waals surface area contributed by atoms with Gasteiger partial charge < -0.3 is 14.4 Å². The Morgan fingerprint density at radius 2 is 1.93 bits per heavy atom. The number of hydrogen-bond donors (Lipinski definition) is 1. The number of hydrogen-bond acceptors (Lipinski definition) is 4. The van der Waals surface area contributed by atoms with Crippen molar-refractivity contribution in [1.82, 2.24) is 9.88 Å². The molecule has 6 heteroatoms. The third-order valence-corrected chi connectivity index (χ3v) is 4.72. The molecule has 0 spiro atoms. The molecule has 0 saturated carbocycles. The molecule has 2 heterocycles. The zero-order valence-corrected chi connectivity index (χ0v) is 14.6. The Morgan fingerprint density at radius 3 is 2.70 bits per heavy atom. The quantitative estimate of drug-likeness (QED) is 0.771. The normalized spacial score (nSPS) is 14.7. The van der Waals surface area contributed by atoms with Gasteiger partial charge in [-0.1, -0.05) is 48.5 Å². The summed E-state index contributed by atoms with van der Waals surface area (Å²) in [5.74, 6) is 0.251. The summed E-state index contributed by atoms with van der Waals surface area (Å²) in [5, 5.41) is 10.3. The Bertz CT molecular complexity index is 955. The summed E-state index contributed by atoms with van der Waals surface area (Å²) in [6, 6.07) is 15.6. The molecule has 27 heavy (non-hydrogen) atoms. The summed E-state index contributed by atoms with van der Waals surface area (Å²) in [5.41, 5.74) is 1.78. The van der Waals surface area contributed by atoms with E-state index in [1.54, 1.807) is 6.07 Å². The molecule has 0 bridgehead atoms. The van der Waals surface area contributed by atoms with Crippen LogP contribution in [-0.4, -0.2) is 27.4 Å². The SMILES string of the molecule is O=C(C(O)c1ccccc1F)N1CCc2oc(Cc3ccccc3)nc2C1. The lowest BCUT2D eigenvalue weighted by Crippen LogP contribution is -2.39. The summed E-state index contributed by atoms with van der Waals surface area (Å²) in [7, 11) is 0. The zero-order chi connectivity index (χ0) is 18.8. The van der Waals surface area contributed by atoms with E-state index in [2.05, 4.69) is 4.98 Å². The van der Waals surface area contributed by atoms with Crippen molar-refractivity contribution in [1.29, 1.82) is 0 Å². The Morgan fingerprint density at radius 1 is 1.19 bits per heavy atom. The van der Waals surface area contributed by atoms with E-state index in [0.29, 0.717) is 31.0 Å². The predicted octanol–water partition coefficient (Wildman–Crippen LogP) is 3.02. The van der Waals surface area contributed by atoms with Crippen molar-refractivity contribution in [3.63, 3.8) is 0 Å². The van der Waals surface area contributed by atoms with Crippen LogP contribution in [0, 0.1) is 5.82 Å². The highest BCUT2D eigenvalue weighted by atomic mass is 19.1. The van der Waals surface area contributed by atoms with Crippen molar-refractivity contribution in [2.24, 2.45) is 0 Å². The number of aromatic nitrogens is 1. The number of aliphatic hydroxyl groups is 1. The van der Waals surface area contributed by atoms with E-state index in [1.165, 1.54) is 23.1 Å². The number of halogens is 1. The standard InChI is InChI=1S/C21H19FN2O3/c22-16-9-5-4-8-15(16)20(25)21(26)24-11-10-18-17(13-24)23-19(27-18)12-14-6-2-1-3-7-14/h1-9,20,25H,10-13H2. The van der Waals surface area contributed by atoms with Crippen molar-refractivity contribution in [2.75, 3.05) is 6.54 Å². The van der Waals surface area contributed by atoms with Gasteiger partial charge in [-0.05, 0) is 11.6 Å². The van der Waals surface area contributed by atoms with Gasteiger partial charge in [0.2, 0.25) is 0 Å². The van der Waals surface area contributed by atoms with Crippen molar-refractivity contribution in [3.8, 4) is 0 Å². The number of carbonyl (C=O) groups excluding carboxylic acids is 1. The maximum Gasteiger partial charge on any atom is 0.256 e. The number of carbonyl (C=O) groups is 1. The minimum absolute atomic E-state index is 0.0155. The van der Waals surface area contributed by atoms with E-state index in [4.69, 9.17) is 4.42 Å².